The summed E-state index contributed by atoms with van der Waals surface area (Å²) in [7, 11) is 1.92. The lowest BCUT2D eigenvalue weighted by Crippen LogP contribution is -2.13. The maximum Gasteiger partial charge on any atom is 0.225 e. The zero-order valence-corrected chi connectivity index (χ0v) is 16.9. The fourth-order valence-electron chi connectivity index (χ4n) is 2.70. The highest BCUT2D eigenvalue weighted by Crippen LogP contribution is 2.23. The summed E-state index contributed by atoms with van der Waals surface area (Å²) in [5.74, 6) is 1.26. The third-order valence-corrected chi connectivity index (χ3v) is 5.37. The fraction of sp³-hybridized carbons (Fsp3) is 0.238. The van der Waals surface area contributed by atoms with Gasteiger partial charge in [0, 0.05) is 36.0 Å². The van der Waals surface area contributed by atoms with Crippen LogP contribution in [0.4, 0.5) is 5.69 Å². The summed E-state index contributed by atoms with van der Waals surface area (Å²) >= 11 is 1.49. The van der Waals surface area contributed by atoms with E-state index in [1.807, 2.05) is 54.9 Å². The zero-order valence-electron chi connectivity index (χ0n) is 16.1. The number of rotatable bonds is 7. The number of Topliss-reactive ketones (excluding diaryl/α,β-unsaturated/α-hetero) is 1. The Hall–Kier alpha value is -2.93. The van der Waals surface area contributed by atoms with Gasteiger partial charge in [0.1, 0.15) is 0 Å². The van der Waals surface area contributed by atoms with Gasteiger partial charge < -0.3 is 9.88 Å². The van der Waals surface area contributed by atoms with Gasteiger partial charge in [0.25, 0.3) is 0 Å². The van der Waals surface area contributed by atoms with Gasteiger partial charge in [0.2, 0.25) is 5.91 Å². The first kappa shape index (κ1) is 19.8. The van der Waals surface area contributed by atoms with Gasteiger partial charge in [-0.3, -0.25) is 9.59 Å². The Bertz CT molecular complexity index is 999. The molecule has 0 radical (unpaired) electrons. The van der Waals surface area contributed by atoms with Gasteiger partial charge in [-0.15, -0.1) is 10.2 Å². The minimum Gasteiger partial charge on any atom is -0.326 e. The molecular formula is C21H22N4O2S. The molecule has 0 spiro atoms. The van der Waals surface area contributed by atoms with E-state index in [1.54, 1.807) is 12.1 Å². The fourth-order valence-corrected chi connectivity index (χ4v) is 3.55. The van der Waals surface area contributed by atoms with Crippen molar-refractivity contribution in [2.45, 2.75) is 25.4 Å². The van der Waals surface area contributed by atoms with Crippen LogP contribution in [0.5, 0.6) is 0 Å². The largest absolute Gasteiger partial charge is 0.326 e. The second-order valence-corrected chi connectivity index (χ2v) is 7.53. The van der Waals surface area contributed by atoms with Crippen molar-refractivity contribution in [3.63, 3.8) is 0 Å². The number of aromatic nitrogens is 3. The third-order valence-electron chi connectivity index (χ3n) is 4.35. The lowest BCUT2D eigenvalue weighted by Gasteiger charge is -2.09. The van der Waals surface area contributed by atoms with Gasteiger partial charge in [0.15, 0.2) is 16.8 Å². The lowest BCUT2D eigenvalue weighted by atomic mass is 10.1. The third kappa shape index (κ3) is 4.67. The van der Waals surface area contributed by atoms with E-state index in [1.165, 1.54) is 18.7 Å². The monoisotopic (exact) mass is 394 g/mol. The van der Waals surface area contributed by atoms with Crippen LogP contribution < -0.4 is 5.32 Å². The molecule has 3 aromatic rings. The van der Waals surface area contributed by atoms with E-state index >= 15 is 0 Å². The van der Waals surface area contributed by atoms with Crippen molar-refractivity contribution in [1.29, 1.82) is 0 Å². The van der Waals surface area contributed by atoms with Crippen molar-refractivity contribution in [3.8, 4) is 11.4 Å². The van der Waals surface area contributed by atoms with Crippen LogP contribution in [0, 0.1) is 6.92 Å². The molecule has 1 amide bonds. The maximum absolute atomic E-state index is 12.3. The second kappa shape index (κ2) is 8.84. The topological polar surface area (TPSA) is 76.9 Å². The highest BCUT2D eigenvalue weighted by atomic mass is 32.2. The number of nitrogens with one attached hydrogen (secondary N) is 1. The molecule has 0 saturated carbocycles. The number of ketones is 1. The van der Waals surface area contributed by atoms with Crippen LogP contribution >= 0.6 is 11.8 Å². The van der Waals surface area contributed by atoms with Crippen molar-refractivity contribution >= 4 is 29.1 Å². The Labute approximate surface area is 168 Å². The summed E-state index contributed by atoms with van der Waals surface area (Å²) in [6, 6.07) is 15.2. The number of carbonyl (C=O) groups is 2. The van der Waals surface area contributed by atoms with Crippen LogP contribution in [-0.2, 0) is 11.8 Å². The first-order chi connectivity index (χ1) is 13.5. The Kier molecular flexibility index (Phi) is 6.26. The Morgan fingerprint density at radius 2 is 1.86 bits per heavy atom. The number of anilines is 1. The molecule has 0 atom stereocenters. The normalized spacial score (nSPS) is 10.7. The number of thioether (sulfide) groups is 1. The lowest BCUT2D eigenvalue weighted by molar-refractivity contribution is -0.115. The molecule has 0 aliphatic carbocycles. The predicted molar refractivity (Wildman–Crippen MR) is 112 cm³/mol. The molecule has 1 heterocycles. The molecule has 0 aliphatic heterocycles. The van der Waals surface area contributed by atoms with Crippen LogP contribution in [0.3, 0.4) is 0 Å². The van der Waals surface area contributed by atoms with E-state index < -0.39 is 0 Å². The van der Waals surface area contributed by atoms with Gasteiger partial charge in [-0.25, -0.2) is 0 Å². The summed E-state index contributed by atoms with van der Waals surface area (Å²) in [6.45, 7) is 3.41. The maximum atomic E-state index is 12.3. The smallest absolute Gasteiger partial charge is 0.225 e. The molecule has 2 aromatic carbocycles. The van der Waals surface area contributed by atoms with Gasteiger partial charge in [-0.1, -0.05) is 54.2 Å². The molecular weight excluding hydrogens is 372 g/mol. The van der Waals surface area contributed by atoms with Crippen molar-refractivity contribution in [3.05, 3.63) is 59.7 Å². The number of hydrogen-bond donors (Lipinski definition) is 1. The summed E-state index contributed by atoms with van der Waals surface area (Å²) in [5.41, 5.74) is 3.19. The van der Waals surface area contributed by atoms with E-state index in [9.17, 15) is 9.59 Å². The number of carbonyl (C=O) groups excluding carboxylic acids is 2. The molecule has 144 valence electrons. The van der Waals surface area contributed by atoms with Gasteiger partial charge in [0.05, 0.1) is 0 Å². The van der Waals surface area contributed by atoms with Crippen LogP contribution in [-0.4, -0.2) is 32.2 Å². The molecule has 0 bridgehead atoms. The number of nitrogens with zero attached hydrogens (tertiary/aromatic N) is 3. The quantitative estimate of drug-likeness (QED) is 0.482. The summed E-state index contributed by atoms with van der Waals surface area (Å²) in [5, 5.41) is 12.1. The van der Waals surface area contributed by atoms with Crippen molar-refractivity contribution < 1.29 is 9.59 Å². The van der Waals surface area contributed by atoms with E-state index in [4.69, 9.17) is 0 Å². The first-order valence-electron chi connectivity index (χ1n) is 8.94. The van der Waals surface area contributed by atoms with Gasteiger partial charge in [-0.2, -0.15) is 0 Å². The molecule has 0 unspecified atom stereocenters. The molecule has 28 heavy (non-hydrogen) atoms. The molecule has 7 heteroatoms. The SMILES string of the molecule is CC(=O)c1ccc(C)c(NC(=O)CCSc2nnc(-c3ccccc3)n2C)c1. The molecule has 1 N–H and O–H groups in total. The van der Waals surface area contributed by atoms with Crippen molar-refractivity contribution in [2.75, 3.05) is 11.1 Å². The molecule has 3 rings (SSSR count). The van der Waals surface area contributed by atoms with E-state index in [2.05, 4.69) is 15.5 Å². The van der Waals surface area contributed by atoms with Crippen LogP contribution in [0.2, 0.25) is 0 Å². The van der Waals surface area contributed by atoms with E-state index in [0.29, 0.717) is 23.4 Å². The molecule has 0 fully saturated rings. The Morgan fingerprint density at radius 3 is 2.57 bits per heavy atom. The molecule has 0 aliphatic rings. The minimum absolute atomic E-state index is 0.0254. The highest BCUT2D eigenvalue weighted by molar-refractivity contribution is 7.99. The number of amides is 1. The minimum atomic E-state index is -0.0956. The van der Waals surface area contributed by atoms with Crippen LogP contribution in [0.1, 0.15) is 29.3 Å². The second-order valence-electron chi connectivity index (χ2n) is 6.46. The van der Waals surface area contributed by atoms with Crippen molar-refractivity contribution in [2.24, 2.45) is 7.05 Å². The van der Waals surface area contributed by atoms with Gasteiger partial charge in [-0.05, 0) is 25.5 Å². The Morgan fingerprint density at radius 1 is 1.11 bits per heavy atom. The zero-order chi connectivity index (χ0) is 20.1. The summed E-state index contributed by atoms with van der Waals surface area (Å²) in [6.07, 6.45) is 0.335. The molecule has 6 nitrogen and oxygen atoms in total. The average Bonchev–Trinajstić information content (AvgIpc) is 3.04. The summed E-state index contributed by atoms with van der Waals surface area (Å²) < 4.78 is 1.93. The standard InChI is InChI=1S/C21H22N4O2S/c1-14-9-10-17(15(2)26)13-18(14)22-19(27)11-12-28-21-24-23-20(25(21)3)16-7-5-4-6-8-16/h4-10,13H,11-12H2,1-3H3,(H,22,27). The van der Waals surface area contributed by atoms with Crippen LogP contribution in [0.25, 0.3) is 11.4 Å². The van der Waals surface area contributed by atoms with E-state index in [0.717, 1.165) is 22.1 Å². The highest BCUT2D eigenvalue weighted by Gasteiger charge is 2.12. The van der Waals surface area contributed by atoms with Crippen molar-refractivity contribution in [1.82, 2.24) is 14.8 Å². The summed E-state index contributed by atoms with van der Waals surface area (Å²) in [4.78, 5) is 23.8. The number of benzene rings is 2. The van der Waals surface area contributed by atoms with Gasteiger partial charge >= 0.3 is 0 Å². The Balaban J connectivity index is 1.57. The number of aryl methyl sites for hydroxylation is 1. The van der Waals surface area contributed by atoms with E-state index in [-0.39, 0.29) is 11.7 Å². The molecule has 0 saturated heterocycles. The average molecular weight is 395 g/mol. The predicted octanol–water partition coefficient (Wildman–Crippen LogP) is 4.11. The molecule has 1 aromatic heterocycles. The van der Waals surface area contributed by atoms with Crippen LogP contribution in [0.15, 0.2) is 53.7 Å². The first-order valence-corrected chi connectivity index (χ1v) is 9.93. The number of hydrogen-bond acceptors (Lipinski definition) is 5.